The van der Waals surface area contributed by atoms with E-state index in [2.05, 4.69) is 0 Å². The average Bonchev–Trinajstić information content (AvgIpc) is 2.97. The van der Waals surface area contributed by atoms with Crippen LogP contribution in [0.15, 0.2) is 0 Å². The van der Waals surface area contributed by atoms with Crippen LogP contribution in [0.25, 0.3) is 0 Å². The lowest BCUT2D eigenvalue weighted by Gasteiger charge is -2.61. The highest BCUT2D eigenvalue weighted by atomic mass is 16.5. The van der Waals surface area contributed by atoms with Crippen LogP contribution in [-0.4, -0.2) is 163 Å². The molecule has 6 fully saturated rings. The number of rotatable bonds is 16. The first-order chi connectivity index (χ1) is 21.1. The molecule has 12 heteroatoms. The van der Waals surface area contributed by atoms with Crippen LogP contribution in [0.5, 0.6) is 0 Å². The molecule has 0 aromatic heterocycles. The SMILES string of the molecule is OC[C@@H]1[C@@H](O)[C@H](O)[C@@H](O)CN1CCCCCOC12CC3CC(C1)CC(OCCCCCN1C[C@H](O)[C@@H](O)[C@H](O)[C@H]1CO)(C3)C2. The fourth-order valence-corrected chi connectivity index (χ4v) is 9.47. The summed E-state index contributed by atoms with van der Waals surface area (Å²) in [7, 11) is 0. The van der Waals surface area contributed by atoms with Gasteiger partial charge in [-0.2, -0.15) is 0 Å². The molecule has 6 aliphatic rings. The van der Waals surface area contributed by atoms with E-state index in [4.69, 9.17) is 9.47 Å². The van der Waals surface area contributed by atoms with Crippen molar-refractivity contribution in [3.8, 4) is 0 Å². The molecule has 0 spiro atoms. The lowest BCUT2D eigenvalue weighted by Crippen LogP contribution is -2.62. The second-order valence-corrected chi connectivity index (χ2v) is 14.7. The van der Waals surface area contributed by atoms with Crippen molar-refractivity contribution in [2.45, 2.75) is 137 Å². The number of piperidine rings is 2. The van der Waals surface area contributed by atoms with Gasteiger partial charge in [0.1, 0.15) is 24.4 Å². The maximum Gasteiger partial charge on any atom is 0.109 e. The number of hydrogen-bond donors (Lipinski definition) is 8. The van der Waals surface area contributed by atoms with E-state index < -0.39 is 48.7 Å². The number of aliphatic hydroxyl groups excluding tert-OH is 8. The largest absolute Gasteiger partial charge is 0.395 e. The monoisotopic (exact) mass is 630 g/mol. The molecule has 256 valence electrons. The Bertz CT molecular complexity index is 819. The number of unbranched alkanes of at least 4 members (excludes halogenated alkanes) is 4. The molecule has 4 aliphatic carbocycles. The molecule has 6 rings (SSSR count). The molecule has 0 amide bonds. The minimum Gasteiger partial charge on any atom is -0.395 e. The van der Waals surface area contributed by atoms with Crippen molar-refractivity contribution >= 4 is 0 Å². The molecule has 12 nitrogen and oxygen atoms in total. The smallest absolute Gasteiger partial charge is 0.109 e. The van der Waals surface area contributed by atoms with E-state index in [0.717, 1.165) is 70.6 Å². The Kier molecular flexibility index (Phi) is 12.0. The Hall–Kier alpha value is -0.480. The first kappa shape index (κ1) is 34.8. The van der Waals surface area contributed by atoms with E-state index >= 15 is 0 Å². The predicted octanol–water partition coefficient (Wildman–Crippen LogP) is -1.03. The van der Waals surface area contributed by atoms with Crippen LogP contribution >= 0.6 is 0 Å². The van der Waals surface area contributed by atoms with E-state index in [-0.39, 0.29) is 37.5 Å². The normalized spacial score (nSPS) is 44.5. The van der Waals surface area contributed by atoms with Crippen molar-refractivity contribution in [2.75, 3.05) is 52.6 Å². The molecular weight excluding hydrogens is 572 g/mol. The minimum absolute atomic E-state index is 0.0941. The first-order valence-corrected chi connectivity index (χ1v) is 17.2. The van der Waals surface area contributed by atoms with Crippen LogP contribution in [0.1, 0.15) is 77.0 Å². The predicted molar refractivity (Wildman–Crippen MR) is 161 cm³/mol. The summed E-state index contributed by atoms with van der Waals surface area (Å²) in [4.78, 5) is 3.76. The molecule has 2 saturated heterocycles. The summed E-state index contributed by atoms with van der Waals surface area (Å²) in [6, 6.07) is -1.11. The quantitative estimate of drug-likeness (QED) is 0.0971. The van der Waals surface area contributed by atoms with E-state index in [1.807, 2.05) is 9.80 Å². The summed E-state index contributed by atoms with van der Waals surface area (Å²) in [5, 5.41) is 79.6. The molecule has 0 aromatic rings. The van der Waals surface area contributed by atoms with Crippen LogP contribution < -0.4 is 0 Å². The van der Waals surface area contributed by atoms with Gasteiger partial charge in [-0.3, -0.25) is 9.80 Å². The lowest BCUT2D eigenvalue weighted by atomic mass is 9.52. The summed E-state index contributed by atoms with van der Waals surface area (Å²) in [5.74, 6) is 1.31. The number of aliphatic hydroxyl groups is 8. The third-order valence-corrected chi connectivity index (χ3v) is 11.4. The molecule has 0 aromatic carbocycles. The van der Waals surface area contributed by atoms with Gasteiger partial charge in [-0.25, -0.2) is 0 Å². The standard InChI is InChI=1S/C32H58N2O10/c35-18-23-27(39)29(41)25(37)16-33(23)7-3-1-5-9-43-31-12-21-11-22(13-31)15-32(14-21,20-31)44-10-6-2-4-8-34-17-26(38)30(42)28(40)24(34)19-36/h21-30,35-42H,1-20H2/t21?,22?,23-,24-,25+,26+,27-,28-,29-,30-,31?,32?/m1/s1. The average molecular weight is 631 g/mol. The highest BCUT2D eigenvalue weighted by molar-refractivity contribution is 5.11. The molecule has 0 radical (unpaired) electrons. The zero-order valence-corrected chi connectivity index (χ0v) is 26.2. The fraction of sp³-hybridized carbons (Fsp3) is 1.00. The molecular formula is C32H58N2O10. The molecule has 0 unspecified atom stereocenters. The van der Waals surface area contributed by atoms with Crippen LogP contribution in [0.4, 0.5) is 0 Å². The Morgan fingerprint density at radius 3 is 1.34 bits per heavy atom. The second kappa shape index (κ2) is 15.2. The van der Waals surface area contributed by atoms with Crippen LogP contribution in [-0.2, 0) is 9.47 Å². The zero-order valence-electron chi connectivity index (χ0n) is 26.2. The summed E-state index contributed by atoms with van der Waals surface area (Å²) in [5.41, 5.74) is -0.188. The van der Waals surface area contributed by atoms with Gasteiger partial charge in [-0.1, -0.05) is 0 Å². The van der Waals surface area contributed by atoms with Gasteiger partial charge < -0.3 is 50.3 Å². The van der Waals surface area contributed by atoms with Gasteiger partial charge in [0.15, 0.2) is 0 Å². The van der Waals surface area contributed by atoms with Gasteiger partial charge in [-0.05, 0) is 95.6 Å². The van der Waals surface area contributed by atoms with E-state index in [1.54, 1.807) is 0 Å². The van der Waals surface area contributed by atoms with Gasteiger partial charge in [0, 0.05) is 32.7 Å². The summed E-state index contributed by atoms with van der Waals surface area (Å²) in [6.07, 6.45) is 5.40. The first-order valence-electron chi connectivity index (χ1n) is 17.2. The van der Waals surface area contributed by atoms with Crippen molar-refractivity contribution in [3.05, 3.63) is 0 Å². The maximum absolute atomic E-state index is 10.2. The summed E-state index contributed by atoms with van der Waals surface area (Å²) < 4.78 is 13.4. The van der Waals surface area contributed by atoms with Gasteiger partial charge in [0.05, 0.1) is 48.7 Å². The van der Waals surface area contributed by atoms with Crippen molar-refractivity contribution in [1.29, 1.82) is 0 Å². The number of nitrogens with zero attached hydrogens (tertiary/aromatic N) is 2. The fourth-order valence-electron chi connectivity index (χ4n) is 9.47. The second-order valence-electron chi connectivity index (χ2n) is 14.7. The molecule has 44 heavy (non-hydrogen) atoms. The van der Waals surface area contributed by atoms with Crippen molar-refractivity contribution in [2.24, 2.45) is 11.8 Å². The Morgan fingerprint density at radius 1 is 0.545 bits per heavy atom. The van der Waals surface area contributed by atoms with E-state index in [0.29, 0.717) is 38.1 Å². The lowest BCUT2D eigenvalue weighted by molar-refractivity contribution is -0.237. The molecule has 4 bridgehead atoms. The zero-order chi connectivity index (χ0) is 31.5. The number of hydrogen-bond acceptors (Lipinski definition) is 12. The molecule has 2 heterocycles. The summed E-state index contributed by atoms with van der Waals surface area (Å²) in [6.45, 7) is 2.67. The van der Waals surface area contributed by atoms with Crippen molar-refractivity contribution in [1.82, 2.24) is 9.80 Å². The highest BCUT2D eigenvalue weighted by Gasteiger charge is 2.59. The van der Waals surface area contributed by atoms with E-state index in [1.165, 1.54) is 6.42 Å². The molecule has 8 N–H and O–H groups in total. The van der Waals surface area contributed by atoms with Crippen molar-refractivity contribution in [3.63, 3.8) is 0 Å². The Balaban J connectivity index is 1.00. The van der Waals surface area contributed by atoms with Crippen molar-refractivity contribution < 1.29 is 50.3 Å². The van der Waals surface area contributed by atoms with Gasteiger partial charge in [0.2, 0.25) is 0 Å². The van der Waals surface area contributed by atoms with Crippen LogP contribution in [0, 0.1) is 11.8 Å². The van der Waals surface area contributed by atoms with Gasteiger partial charge >= 0.3 is 0 Å². The topological polar surface area (TPSA) is 187 Å². The third kappa shape index (κ3) is 7.79. The number of ether oxygens (including phenoxy) is 2. The molecule has 2 aliphatic heterocycles. The maximum atomic E-state index is 10.2. The molecule has 8 atom stereocenters. The number of likely N-dealkylation sites (tertiary alicyclic amines) is 2. The van der Waals surface area contributed by atoms with E-state index in [9.17, 15) is 40.9 Å². The third-order valence-electron chi connectivity index (χ3n) is 11.4. The van der Waals surface area contributed by atoms with Gasteiger partial charge in [-0.15, -0.1) is 0 Å². The highest BCUT2D eigenvalue weighted by Crippen LogP contribution is 2.60. The number of β-amino-alcohol motifs (C(OH)–C–C–N with tert-alkyl or cyclic N) is 2. The summed E-state index contributed by atoms with van der Waals surface area (Å²) >= 11 is 0. The minimum atomic E-state index is -1.22. The van der Waals surface area contributed by atoms with Crippen LogP contribution in [0.3, 0.4) is 0 Å². The Morgan fingerprint density at radius 2 is 0.955 bits per heavy atom. The van der Waals surface area contributed by atoms with Crippen LogP contribution in [0.2, 0.25) is 0 Å². The Labute approximate surface area is 261 Å². The van der Waals surface area contributed by atoms with Gasteiger partial charge in [0.25, 0.3) is 0 Å². The molecule has 4 saturated carbocycles.